The van der Waals surface area contributed by atoms with Crippen molar-refractivity contribution in [3.05, 3.63) is 70.8 Å². The summed E-state index contributed by atoms with van der Waals surface area (Å²) in [6, 6.07) is 13.2. The van der Waals surface area contributed by atoms with Crippen LogP contribution in [0, 0.1) is 40.7 Å². The first-order valence-electron chi connectivity index (χ1n) is 15.5. The first-order chi connectivity index (χ1) is 19.9. The van der Waals surface area contributed by atoms with E-state index < -0.39 is 17.8 Å². The van der Waals surface area contributed by atoms with Crippen LogP contribution >= 0.6 is 0 Å². The first-order valence-corrected chi connectivity index (χ1v) is 15.5. The zero-order valence-corrected chi connectivity index (χ0v) is 24.0. The van der Waals surface area contributed by atoms with E-state index in [1.165, 1.54) is 18.6 Å². The van der Waals surface area contributed by atoms with Crippen LogP contribution in [0.1, 0.15) is 80.4 Å². The molecular formula is C34H43F2N3O2. The second-order valence-electron chi connectivity index (χ2n) is 12.6. The molecule has 0 bridgehead atoms. The van der Waals surface area contributed by atoms with Crippen LogP contribution in [-0.4, -0.2) is 59.6 Å². The molecule has 0 unspecified atom stereocenters. The Hall–Kier alpha value is -2.82. The number of benzene rings is 2. The van der Waals surface area contributed by atoms with Gasteiger partial charge >= 0.3 is 5.97 Å². The summed E-state index contributed by atoms with van der Waals surface area (Å²) >= 11 is 0. The van der Waals surface area contributed by atoms with Crippen molar-refractivity contribution >= 4 is 5.97 Å². The van der Waals surface area contributed by atoms with Crippen LogP contribution < -0.4 is 0 Å². The van der Waals surface area contributed by atoms with E-state index in [0.717, 1.165) is 95.1 Å². The number of aliphatic carboxylic acids is 1. The molecule has 2 aromatic rings. The molecule has 1 N–H and O–H groups in total. The van der Waals surface area contributed by atoms with Crippen molar-refractivity contribution in [1.82, 2.24) is 9.80 Å². The number of likely N-dealkylation sites (tertiary alicyclic amines) is 2. The fraction of sp³-hybridized carbons (Fsp3) is 0.588. The van der Waals surface area contributed by atoms with Gasteiger partial charge in [-0.15, -0.1) is 0 Å². The van der Waals surface area contributed by atoms with Crippen LogP contribution in [0.2, 0.25) is 0 Å². The highest BCUT2D eigenvalue weighted by Gasteiger charge is 2.43. The van der Waals surface area contributed by atoms with Gasteiger partial charge in [-0.1, -0.05) is 43.9 Å². The number of carbonyl (C=O) groups is 1. The highest BCUT2D eigenvalue weighted by Crippen LogP contribution is 2.39. The molecule has 41 heavy (non-hydrogen) atoms. The molecule has 3 aliphatic rings. The number of carboxylic acid groups (broad SMARTS) is 1. The minimum absolute atomic E-state index is 0.0959. The van der Waals surface area contributed by atoms with Gasteiger partial charge in [0.2, 0.25) is 0 Å². The van der Waals surface area contributed by atoms with Crippen molar-refractivity contribution in [2.24, 2.45) is 17.8 Å². The Bertz CT molecular complexity index is 1220. The van der Waals surface area contributed by atoms with Gasteiger partial charge in [0.05, 0.1) is 5.56 Å². The number of aryl methyl sites for hydroxylation is 1. The van der Waals surface area contributed by atoms with Gasteiger partial charge in [0, 0.05) is 25.6 Å². The summed E-state index contributed by atoms with van der Waals surface area (Å²) in [5, 5.41) is 19.2. The van der Waals surface area contributed by atoms with Crippen molar-refractivity contribution in [2.45, 2.75) is 76.2 Å². The summed E-state index contributed by atoms with van der Waals surface area (Å²) in [5.74, 6) is -0.132. The van der Waals surface area contributed by atoms with Gasteiger partial charge in [-0.25, -0.2) is 8.78 Å². The van der Waals surface area contributed by atoms with Gasteiger partial charge in [-0.2, -0.15) is 5.26 Å². The molecule has 0 amide bonds. The molecule has 220 valence electrons. The number of nitrogens with zero attached hydrogens (tertiary/aromatic N) is 3. The lowest BCUT2D eigenvalue weighted by atomic mass is 9.83. The van der Waals surface area contributed by atoms with Crippen LogP contribution in [0.4, 0.5) is 8.78 Å². The van der Waals surface area contributed by atoms with Gasteiger partial charge in [0.1, 0.15) is 23.7 Å². The SMILES string of the molecule is N#Cc1ccc(CCCC2CCN(C[C@H]3CN([C@@H](C(=O)O)C4CCCCC4)C[C@@H]3c3cccc(F)c3)CC2)cc1F. The molecular weight excluding hydrogens is 520 g/mol. The molecule has 5 nitrogen and oxygen atoms in total. The largest absolute Gasteiger partial charge is 0.480 e. The van der Waals surface area contributed by atoms with Crippen LogP contribution in [0.15, 0.2) is 42.5 Å². The Morgan fingerprint density at radius 2 is 1.80 bits per heavy atom. The van der Waals surface area contributed by atoms with E-state index in [1.807, 2.05) is 18.2 Å². The van der Waals surface area contributed by atoms with Crippen molar-refractivity contribution in [3.63, 3.8) is 0 Å². The Labute approximate surface area is 243 Å². The maximum atomic E-state index is 14.2. The molecule has 2 aliphatic heterocycles. The Balaban J connectivity index is 1.17. The molecule has 2 heterocycles. The standard InChI is InChI=1S/C34H43F2N3O2/c35-30-11-5-10-27(19-30)31-23-39(33(34(40)41)26-8-2-1-3-9-26)22-29(31)21-38-16-14-24(15-17-38)6-4-7-25-12-13-28(20-37)32(36)18-25/h5,10-13,18-19,24,26,29,31,33H,1-4,6-9,14-17,21-23H2,(H,40,41)/t29-,31+,33+/m0/s1. The molecule has 0 radical (unpaired) electrons. The van der Waals surface area contributed by atoms with Gasteiger partial charge in [-0.3, -0.25) is 9.69 Å². The lowest BCUT2D eigenvalue weighted by molar-refractivity contribution is -0.145. The van der Waals surface area contributed by atoms with Crippen molar-refractivity contribution in [3.8, 4) is 6.07 Å². The normalized spacial score (nSPS) is 23.8. The minimum atomic E-state index is -0.708. The molecule has 3 fully saturated rings. The molecule has 5 rings (SSSR count). The Kier molecular flexibility index (Phi) is 10.1. The molecule has 1 aliphatic carbocycles. The number of piperidine rings is 1. The fourth-order valence-corrected chi connectivity index (χ4v) is 7.73. The van der Waals surface area contributed by atoms with Crippen molar-refractivity contribution in [2.75, 3.05) is 32.7 Å². The van der Waals surface area contributed by atoms with E-state index in [9.17, 15) is 18.7 Å². The minimum Gasteiger partial charge on any atom is -0.480 e. The van der Waals surface area contributed by atoms with E-state index in [4.69, 9.17) is 5.26 Å². The van der Waals surface area contributed by atoms with E-state index >= 15 is 0 Å². The molecule has 2 saturated heterocycles. The third-order valence-corrected chi connectivity index (χ3v) is 9.92. The first kappa shape index (κ1) is 29.7. The summed E-state index contributed by atoms with van der Waals surface area (Å²) < 4.78 is 28.2. The topological polar surface area (TPSA) is 67.6 Å². The second kappa shape index (κ2) is 13.9. The van der Waals surface area contributed by atoms with E-state index in [0.29, 0.717) is 12.5 Å². The summed E-state index contributed by atoms with van der Waals surface area (Å²) in [6.07, 6.45) is 10.6. The molecule has 2 aromatic carbocycles. The number of carboxylic acids is 1. The van der Waals surface area contributed by atoms with Gasteiger partial charge in [-0.05, 0) is 105 Å². The molecule has 7 heteroatoms. The average Bonchev–Trinajstić information content (AvgIpc) is 3.37. The van der Waals surface area contributed by atoms with Gasteiger partial charge < -0.3 is 10.0 Å². The third-order valence-electron chi connectivity index (χ3n) is 9.92. The third kappa shape index (κ3) is 7.53. The highest BCUT2D eigenvalue weighted by molar-refractivity contribution is 5.74. The lowest BCUT2D eigenvalue weighted by Gasteiger charge is -2.35. The maximum Gasteiger partial charge on any atom is 0.321 e. The zero-order valence-electron chi connectivity index (χ0n) is 24.0. The Morgan fingerprint density at radius 3 is 2.49 bits per heavy atom. The number of hydrogen-bond acceptors (Lipinski definition) is 4. The van der Waals surface area contributed by atoms with E-state index in [1.54, 1.807) is 18.2 Å². The number of hydrogen-bond donors (Lipinski definition) is 1. The summed E-state index contributed by atoms with van der Waals surface area (Å²) in [7, 11) is 0. The fourth-order valence-electron chi connectivity index (χ4n) is 7.73. The van der Waals surface area contributed by atoms with Crippen LogP contribution in [0.25, 0.3) is 0 Å². The monoisotopic (exact) mass is 563 g/mol. The zero-order chi connectivity index (χ0) is 28.8. The second-order valence-corrected chi connectivity index (χ2v) is 12.6. The quantitative estimate of drug-likeness (QED) is 0.352. The maximum absolute atomic E-state index is 14.2. The summed E-state index contributed by atoms with van der Waals surface area (Å²) in [4.78, 5) is 17.2. The van der Waals surface area contributed by atoms with Crippen LogP contribution in [0.3, 0.4) is 0 Å². The predicted molar refractivity (Wildman–Crippen MR) is 155 cm³/mol. The van der Waals surface area contributed by atoms with E-state index in [-0.39, 0.29) is 29.1 Å². The summed E-state index contributed by atoms with van der Waals surface area (Å²) in [6.45, 7) is 4.37. The molecule has 0 aromatic heterocycles. The predicted octanol–water partition coefficient (Wildman–Crippen LogP) is 6.62. The van der Waals surface area contributed by atoms with Crippen molar-refractivity contribution in [1.29, 1.82) is 5.26 Å². The number of nitriles is 1. The Morgan fingerprint density at radius 1 is 1.02 bits per heavy atom. The summed E-state index contributed by atoms with van der Waals surface area (Å²) in [5.41, 5.74) is 2.03. The smallest absolute Gasteiger partial charge is 0.321 e. The van der Waals surface area contributed by atoms with Crippen LogP contribution in [-0.2, 0) is 11.2 Å². The van der Waals surface area contributed by atoms with Crippen LogP contribution in [0.5, 0.6) is 0 Å². The lowest BCUT2D eigenvalue weighted by Crippen LogP contribution is -2.46. The highest BCUT2D eigenvalue weighted by atomic mass is 19.1. The molecule has 0 spiro atoms. The number of halogens is 2. The average molecular weight is 564 g/mol. The van der Waals surface area contributed by atoms with E-state index in [2.05, 4.69) is 9.80 Å². The number of rotatable bonds is 10. The molecule has 1 saturated carbocycles. The van der Waals surface area contributed by atoms with Gasteiger partial charge in [0.25, 0.3) is 0 Å². The van der Waals surface area contributed by atoms with Crippen molar-refractivity contribution < 1.29 is 18.7 Å². The molecule has 3 atom stereocenters. The van der Waals surface area contributed by atoms with Gasteiger partial charge in [0.15, 0.2) is 0 Å².